The van der Waals surface area contributed by atoms with Crippen molar-refractivity contribution in [1.29, 1.82) is 0 Å². The van der Waals surface area contributed by atoms with E-state index in [0.29, 0.717) is 6.29 Å². The summed E-state index contributed by atoms with van der Waals surface area (Å²) in [5, 5.41) is -0.0119. The van der Waals surface area contributed by atoms with E-state index in [2.05, 4.69) is 0 Å². The maximum atomic E-state index is 13.0. The van der Waals surface area contributed by atoms with Crippen molar-refractivity contribution in [2.24, 2.45) is 0 Å². The van der Waals surface area contributed by atoms with Gasteiger partial charge in [0, 0.05) is 0 Å². The van der Waals surface area contributed by atoms with Crippen molar-refractivity contribution < 1.29 is 18.0 Å². The molecule has 66 valence electrons. The summed E-state index contributed by atoms with van der Waals surface area (Å²) >= 11 is 0. The number of fused-ring (bicyclic) bond motifs is 1. The first-order valence-corrected chi connectivity index (χ1v) is 3.54. The largest absolute Gasteiger partial charge is 0.463 e. The molecule has 1 heterocycles. The van der Waals surface area contributed by atoms with Gasteiger partial charge in [0.15, 0.2) is 17.9 Å². The van der Waals surface area contributed by atoms with Crippen LogP contribution in [0.1, 0.15) is 10.4 Å². The molecule has 0 unspecified atom stereocenters. The van der Waals surface area contributed by atoms with E-state index in [0.717, 1.165) is 6.07 Å². The molecule has 0 aliphatic carbocycles. The van der Waals surface area contributed by atoms with E-state index in [1.807, 2.05) is 0 Å². The van der Waals surface area contributed by atoms with Crippen molar-refractivity contribution in [2.45, 2.75) is 0 Å². The molecular formula is C9H4F2O2. The van der Waals surface area contributed by atoms with Crippen LogP contribution in [0.15, 0.2) is 22.8 Å². The summed E-state index contributed by atoms with van der Waals surface area (Å²) in [6.45, 7) is 0. The minimum absolute atomic E-state index is 0.0119. The quantitative estimate of drug-likeness (QED) is 0.634. The lowest BCUT2D eigenvalue weighted by atomic mass is 10.1. The van der Waals surface area contributed by atoms with E-state index in [-0.39, 0.29) is 16.5 Å². The van der Waals surface area contributed by atoms with Crippen LogP contribution in [0.3, 0.4) is 0 Å². The number of benzene rings is 1. The average Bonchev–Trinajstić information content (AvgIpc) is 2.60. The normalized spacial score (nSPS) is 10.6. The fraction of sp³-hybridized carbons (Fsp3) is 0. The Bertz CT molecular complexity index is 474. The van der Waals surface area contributed by atoms with Gasteiger partial charge in [0.05, 0.1) is 17.2 Å². The second-order valence-corrected chi connectivity index (χ2v) is 2.54. The van der Waals surface area contributed by atoms with Gasteiger partial charge in [-0.05, 0) is 12.1 Å². The smallest absolute Gasteiger partial charge is 0.169 e. The Morgan fingerprint density at radius 2 is 2.15 bits per heavy atom. The van der Waals surface area contributed by atoms with Gasteiger partial charge < -0.3 is 4.42 Å². The zero-order valence-electron chi connectivity index (χ0n) is 6.38. The van der Waals surface area contributed by atoms with Gasteiger partial charge in [-0.1, -0.05) is 0 Å². The van der Waals surface area contributed by atoms with Crippen LogP contribution in [-0.2, 0) is 0 Å². The Labute approximate surface area is 71.8 Å². The molecule has 0 saturated carbocycles. The summed E-state index contributed by atoms with van der Waals surface area (Å²) in [6, 6.07) is 2.09. The SMILES string of the molecule is O=Cc1cc(F)c(F)c2ccoc12. The summed E-state index contributed by atoms with van der Waals surface area (Å²) in [6.07, 6.45) is 1.63. The summed E-state index contributed by atoms with van der Waals surface area (Å²) in [7, 11) is 0. The van der Waals surface area contributed by atoms with Gasteiger partial charge in [0.2, 0.25) is 0 Å². The number of furan rings is 1. The molecule has 0 N–H and O–H groups in total. The van der Waals surface area contributed by atoms with Crippen molar-refractivity contribution in [3.63, 3.8) is 0 Å². The molecule has 4 heteroatoms. The topological polar surface area (TPSA) is 30.2 Å². The van der Waals surface area contributed by atoms with Crippen LogP contribution in [0.2, 0.25) is 0 Å². The van der Waals surface area contributed by atoms with Crippen molar-refractivity contribution in [3.8, 4) is 0 Å². The minimum atomic E-state index is -1.05. The van der Waals surface area contributed by atoms with E-state index in [1.54, 1.807) is 0 Å². The predicted octanol–water partition coefficient (Wildman–Crippen LogP) is 2.52. The number of hydrogen-bond acceptors (Lipinski definition) is 2. The molecule has 0 spiro atoms. The first-order valence-electron chi connectivity index (χ1n) is 3.54. The van der Waals surface area contributed by atoms with Gasteiger partial charge in [-0.3, -0.25) is 4.79 Å². The molecule has 0 radical (unpaired) electrons. The lowest BCUT2D eigenvalue weighted by molar-refractivity contribution is 0.112. The highest BCUT2D eigenvalue weighted by atomic mass is 19.2. The van der Waals surface area contributed by atoms with Gasteiger partial charge in [0.25, 0.3) is 0 Å². The van der Waals surface area contributed by atoms with Crippen molar-refractivity contribution >= 4 is 17.3 Å². The van der Waals surface area contributed by atoms with Gasteiger partial charge in [-0.15, -0.1) is 0 Å². The number of carbonyl (C=O) groups excluding carboxylic acids is 1. The molecule has 2 nitrogen and oxygen atoms in total. The predicted molar refractivity (Wildman–Crippen MR) is 41.5 cm³/mol. The molecule has 0 fully saturated rings. The van der Waals surface area contributed by atoms with Crippen molar-refractivity contribution in [3.05, 3.63) is 35.6 Å². The van der Waals surface area contributed by atoms with E-state index in [1.165, 1.54) is 12.3 Å². The van der Waals surface area contributed by atoms with Crippen LogP contribution in [0, 0.1) is 11.6 Å². The number of aldehydes is 1. The molecule has 0 saturated heterocycles. The zero-order valence-corrected chi connectivity index (χ0v) is 6.38. The molecule has 0 bridgehead atoms. The molecule has 0 amide bonds. The number of hydrogen-bond donors (Lipinski definition) is 0. The van der Waals surface area contributed by atoms with Gasteiger partial charge in [-0.2, -0.15) is 0 Å². The summed E-state index contributed by atoms with van der Waals surface area (Å²) in [5.74, 6) is -2.04. The molecule has 2 rings (SSSR count). The van der Waals surface area contributed by atoms with Crippen LogP contribution in [0.4, 0.5) is 8.78 Å². The Balaban J connectivity index is 2.95. The van der Waals surface area contributed by atoms with E-state index in [4.69, 9.17) is 4.42 Å². The second kappa shape index (κ2) is 2.65. The van der Waals surface area contributed by atoms with Gasteiger partial charge in [-0.25, -0.2) is 8.78 Å². The average molecular weight is 182 g/mol. The second-order valence-electron chi connectivity index (χ2n) is 2.54. The third-order valence-electron chi connectivity index (χ3n) is 1.78. The number of carbonyl (C=O) groups is 1. The van der Waals surface area contributed by atoms with Crippen LogP contribution in [0.25, 0.3) is 11.0 Å². The van der Waals surface area contributed by atoms with E-state index in [9.17, 15) is 13.6 Å². The molecule has 1 aromatic carbocycles. The number of rotatable bonds is 1. The van der Waals surface area contributed by atoms with Gasteiger partial charge >= 0.3 is 0 Å². The molecule has 13 heavy (non-hydrogen) atoms. The van der Waals surface area contributed by atoms with E-state index >= 15 is 0 Å². The summed E-state index contributed by atoms with van der Waals surface area (Å²) in [5.41, 5.74) is 0.0906. The zero-order chi connectivity index (χ0) is 9.42. The Morgan fingerprint density at radius 1 is 1.38 bits per heavy atom. The lowest BCUT2D eigenvalue weighted by Gasteiger charge is -1.96. The minimum Gasteiger partial charge on any atom is -0.463 e. The van der Waals surface area contributed by atoms with Crippen LogP contribution >= 0.6 is 0 Å². The molecule has 2 aromatic rings. The number of halogens is 2. The maximum absolute atomic E-state index is 13.0. The molecule has 0 aliphatic rings. The standard InChI is InChI=1S/C9H4F2O2/c10-7-3-5(4-12)9-6(8(7)11)1-2-13-9/h1-4H. The Morgan fingerprint density at radius 3 is 2.85 bits per heavy atom. The fourth-order valence-corrected chi connectivity index (χ4v) is 1.19. The molecule has 1 aromatic heterocycles. The monoisotopic (exact) mass is 182 g/mol. The highest BCUT2D eigenvalue weighted by Crippen LogP contribution is 2.24. The Kier molecular flexibility index (Phi) is 1.62. The third-order valence-corrected chi connectivity index (χ3v) is 1.78. The first kappa shape index (κ1) is 7.91. The molecular weight excluding hydrogens is 178 g/mol. The highest BCUT2D eigenvalue weighted by molar-refractivity contribution is 5.94. The molecule has 0 aliphatic heterocycles. The lowest BCUT2D eigenvalue weighted by Crippen LogP contribution is -1.89. The van der Waals surface area contributed by atoms with Gasteiger partial charge in [0.1, 0.15) is 5.58 Å². The third kappa shape index (κ3) is 1.02. The van der Waals surface area contributed by atoms with Crippen molar-refractivity contribution in [2.75, 3.05) is 0 Å². The molecule has 0 atom stereocenters. The summed E-state index contributed by atoms with van der Waals surface area (Å²) in [4.78, 5) is 10.4. The Hall–Kier alpha value is -1.71. The first-order chi connectivity index (χ1) is 6.24. The van der Waals surface area contributed by atoms with Crippen LogP contribution < -0.4 is 0 Å². The highest BCUT2D eigenvalue weighted by Gasteiger charge is 2.13. The van der Waals surface area contributed by atoms with E-state index < -0.39 is 11.6 Å². The van der Waals surface area contributed by atoms with Crippen LogP contribution in [0.5, 0.6) is 0 Å². The fourth-order valence-electron chi connectivity index (χ4n) is 1.19. The maximum Gasteiger partial charge on any atom is 0.169 e. The van der Waals surface area contributed by atoms with Crippen molar-refractivity contribution in [1.82, 2.24) is 0 Å². The van der Waals surface area contributed by atoms with Crippen LogP contribution in [-0.4, -0.2) is 6.29 Å². The summed E-state index contributed by atoms with van der Waals surface area (Å²) < 4.78 is 30.6.